The van der Waals surface area contributed by atoms with Crippen LogP contribution >= 0.6 is 23.1 Å². The molecule has 0 atom stereocenters. The molecule has 0 saturated heterocycles. The number of hydrogen-bond acceptors (Lipinski definition) is 7. The molecule has 0 unspecified atom stereocenters. The van der Waals surface area contributed by atoms with Gasteiger partial charge in [-0.15, -0.1) is 28.1 Å². The zero-order chi connectivity index (χ0) is 23.9. The first-order valence-electron chi connectivity index (χ1n) is 10.7. The summed E-state index contributed by atoms with van der Waals surface area (Å²) in [6, 6.07) is 17.8. The Morgan fingerprint density at radius 1 is 1.18 bits per heavy atom. The highest BCUT2D eigenvalue weighted by molar-refractivity contribution is 7.99. The van der Waals surface area contributed by atoms with Gasteiger partial charge >= 0.3 is 0 Å². The summed E-state index contributed by atoms with van der Waals surface area (Å²) in [5.74, 6) is 1.70. The molecule has 2 aromatic carbocycles. The van der Waals surface area contributed by atoms with E-state index in [1.807, 2.05) is 66.1 Å². The lowest BCUT2D eigenvalue weighted by molar-refractivity contribution is -0.113. The zero-order valence-electron chi connectivity index (χ0n) is 19.0. The maximum absolute atomic E-state index is 12.6. The zero-order valence-corrected chi connectivity index (χ0v) is 20.7. The molecule has 174 valence electrons. The van der Waals surface area contributed by atoms with E-state index in [0.29, 0.717) is 23.3 Å². The molecule has 2 aromatic heterocycles. The van der Waals surface area contributed by atoms with Crippen molar-refractivity contribution in [1.29, 1.82) is 0 Å². The third-order valence-electron chi connectivity index (χ3n) is 5.05. The molecule has 0 fully saturated rings. The van der Waals surface area contributed by atoms with E-state index < -0.39 is 0 Å². The van der Waals surface area contributed by atoms with Gasteiger partial charge in [0.05, 0.1) is 18.6 Å². The van der Waals surface area contributed by atoms with Crippen molar-refractivity contribution < 1.29 is 9.53 Å². The number of anilines is 1. The maximum atomic E-state index is 12.6. The first-order valence-corrected chi connectivity index (χ1v) is 12.5. The van der Waals surface area contributed by atoms with E-state index in [0.717, 1.165) is 33.3 Å². The standard InChI is InChI=1S/C25H25N5O2S2/c1-4-14-30-21(15-18-10-12-20(32-3)13-11-18)28-29-25(30)33-16-22(31)26-24-27-23(17(2)34-24)19-8-6-5-7-9-19/h4-13H,1,14-16H2,2-3H3,(H,26,27,31). The van der Waals surface area contributed by atoms with Gasteiger partial charge in [0.25, 0.3) is 0 Å². The molecule has 34 heavy (non-hydrogen) atoms. The van der Waals surface area contributed by atoms with Gasteiger partial charge in [0, 0.05) is 23.4 Å². The second-order valence-electron chi connectivity index (χ2n) is 7.45. The Morgan fingerprint density at radius 2 is 1.94 bits per heavy atom. The van der Waals surface area contributed by atoms with Crippen LogP contribution in [0, 0.1) is 6.92 Å². The van der Waals surface area contributed by atoms with Crippen molar-refractivity contribution in [2.75, 3.05) is 18.2 Å². The third-order valence-corrected chi connectivity index (χ3v) is 6.90. The van der Waals surface area contributed by atoms with E-state index in [-0.39, 0.29) is 11.7 Å². The van der Waals surface area contributed by atoms with Crippen LogP contribution in [0.1, 0.15) is 16.3 Å². The molecule has 7 nitrogen and oxygen atoms in total. The number of aromatic nitrogens is 4. The van der Waals surface area contributed by atoms with Crippen LogP contribution in [0.25, 0.3) is 11.3 Å². The van der Waals surface area contributed by atoms with Crippen LogP contribution in [0.5, 0.6) is 5.75 Å². The number of thiazole rings is 1. The number of amides is 1. The molecule has 0 radical (unpaired) electrons. The molecule has 1 amide bonds. The number of carbonyl (C=O) groups is 1. The molecule has 0 aliphatic heterocycles. The van der Waals surface area contributed by atoms with E-state index in [1.165, 1.54) is 23.1 Å². The van der Waals surface area contributed by atoms with Crippen LogP contribution in [-0.4, -0.2) is 38.5 Å². The highest BCUT2D eigenvalue weighted by Crippen LogP contribution is 2.30. The summed E-state index contributed by atoms with van der Waals surface area (Å²) in [7, 11) is 1.65. The second kappa shape index (κ2) is 11.1. The molecule has 0 aliphatic rings. The third kappa shape index (κ3) is 5.73. The van der Waals surface area contributed by atoms with Crippen molar-refractivity contribution in [3.8, 4) is 17.0 Å². The highest BCUT2D eigenvalue weighted by Gasteiger charge is 2.16. The van der Waals surface area contributed by atoms with Gasteiger partial charge < -0.3 is 14.6 Å². The Labute approximate surface area is 206 Å². The molecule has 4 rings (SSSR count). The number of thioether (sulfide) groups is 1. The predicted molar refractivity (Wildman–Crippen MR) is 138 cm³/mol. The lowest BCUT2D eigenvalue weighted by atomic mass is 10.1. The fourth-order valence-corrected chi connectivity index (χ4v) is 5.01. The molecule has 0 saturated carbocycles. The molecule has 2 heterocycles. The number of rotatable bonds is 10. The van der Waals surface area contributed by atoms with Crippen molar-refractivity contribution in [1.82, 2.24) is 19.7 Å². The molecule has 0 aliphatic carbocycles. The summed E-state index contributed by atoms with van der Waals surface area (Å²) in [4.78, 5) is 18.3. The highest BCUT2D eigenvalue weighted by atomic mass is 32.2. The van der Waals surface area contributed by atoms with Crippen LogP contribution in [-0.2, 0) is 17.8 Å². The van der Waals surface area contributed by atoms with Crippen molar-refractivity contribution in [2.45, 2.75) is 25.0 Å². The summed E-state index contributed by atoms with van der Waals surface area (Å²) >= 11 is 2.82. The summed E-state index contributed by atoms with van der Waals surface area (Å²) in [6.07, 6.45) is 2.42. The minimum atomic E-state index is -0.136. The molecular weight excluding hydrogens is 466 g/mol. The smallest absolute Gasteiger partial charge is 0.236 e. The molecular formula is C25H25N5O2S2. The minimum absolute atomic E-state index is 0.136. The lowest BCUT2D eigenvalue weighted by Gasteiger charge is -2.08. The number of nitrogens with zero attached hydrogens (tertiary/aromatic N) is 4. The monoisotopic (exact) mass is 491 g/mol. The lowest BCUT2D eigenvalue weighted by Crippen LogP contribution is -2.14. The second-order valence-corrected chi connectivity index (χ2v) is 9.60. The van der Waals surface area contributed by atoms with Gasteiger partial charge in [0.2, 0.25) is 5.91 Å². The van der Waals surface area contributed by atoms with Crippen molar-refractivity contribution in [3.63, 3.8) is 0 Å². The molecule has 0 bridgehead atoms. The first-order chi connectivity index (χ1) is 16.6. The average molecular weight is 492 g/mol. The normalized spacial score (nSPS) is 10.8. The fourth-order valence-electron chi connectivity index (χ4n) is 3.39. The quantitative estimate of drug-likeness (QED) is 0.242. The largest absolute Gasteiger partial charge is 0.497 e. The Kier molecular flexibility index (Phi) is 7.76. The first kappa shape index (κ1) is 23.7. The van der Waals surface area contributed by atoms with E-state index >= 15 is 0 Å². The van der Waals surface area contributed by atoms with E-state index in [1.54, 1.807) is 13.2 Å². The molecule has 4 aromatic rings. The Hall–Kier alpha value is -3.43. The predicted octanol–water partition coefficient (Wildman–Crippen LogP) is 5.23. The van der Waals surface area contributed by atoms with Gasteiger partial charge in [0.1, 0.15) is 11.6 Å². The van der Waals surface area contributed by atoms with Gasteiger partial charge in [-0.1, -0.05) is 60.3 Å². The number of ether oxygens (including phenoxy) is 1. The Balaban J connectivity index is 1.40. The molecule has 1 N–H and O–H groups in total. The van der Waals surface area contributed by atoms with Gasteiger partial charge in [-0.2, -0.15) is 0 Å². The Morgan fingerprint density at radius 3 is 2.65 bits per heavy atom. The topological polar surface area (TPSA) is 81.9 Å². The van der Waals surface area contributed by atoms with Gasteiger partial charge in [0.15, 0.2) is 10.3 Å². The van der Waals surface area contributed by atoms with Crippen LogP contribution in [0.2, 0.25) is 0 Å². The van der Waals surface area contributed by atoms with Gasteiger partial charge in [-0.05, 0) is 24.6 Å². The van der Waals surface area contributed by atoms with Crippen molar-refractivity contribution in [3.05, 3.63) is 83.5 Å². The summed E-state index contributed by atoms with van der Waals surface area (Å²) in [5.41, 5.74) is 3.02. The number of allylic oxidation sites excluding steroid dienone is 1. The molecule has 9 heteroatoms. The number of carbonyl (C=O) groups excluding carboxylic acids is 1. The van der Waals surface area contributed by atoms with Gasteiger partial charge in [-0.25, -0.2) is 4.98 Å². The van der Waals surface area contributed by atoms with Gasteiger partial charge in [-0.3, -0.25) is 4.79 Å². The average Bonchev–Trinajstić information content (AvgIpc) is 3.41. The maximum Gasteiger partial charge on any atom is 0.236 e. The Bertz CT molecular complexity index is 1270. The minimum Gasteiger partial charge on any atom is -0.497 e. The number of benzene rings is 2. The summed E-state index contributed by atoms with van der Waals surface area (Å²) in [6.45, 7) is 6.42. The van der Waals surface area contributed by atoms with Crippen molar-refractivity contribution in [2.24, 2.45) is 0 Å². The number of hydrogen-bond donors (Lipinski definition) is 1. The number of aryl methyl sites for hydroxylation is 1. The molecule has 0 spiro atoms. The fraction of sp³-hybridized carbons (Fsp3) is 0.200. The number of nitrogens with one attached hydrogen (secondary N) is 1. The van der Waals surface area contributed by atoms with Crippen LogP contribution in [0.3, 0.4) is 0 Å². The van der Waals surface area contributed by atoms with Crippen LogP contribution < -0.4 is 10.1 Å². The number of methoxy groups -OCH3 is 1. The van der Waals surface area contributed by atoms with Crippen molar-refractivity contribution >= 4 is 34.1 Å². The van der Waals surface area contributed by atoms with E-state index in [9.17, 15) is 4.79 Å². The van der Waals surface area contributed by atoms with Crippen LogP contribution in [0.4, 0.5) is 5.13 Å². The van der Waals surface area contributed by atoms with E-state index in [4.69, 9.17) is 4.74 Å². The SMILES string of the molecule is C=CCn1c(Cc2ccc(OC)cc2)nnc1SCC(=O)Nc1nc(-c2ccccc2)c(C)s1. The summed E-state index contributed by atoms with van der Waals surface area (Å²) in [5, 5.41) is 12.8. The van der Waals surface area contributed by atoms with E-state index in [2.05, 4.69) is 27.1 Å². The summed E-state index contributed by atoms with van der Waals surface area (Å²) < 4.78 is 7.20. The van der Waals surface area contributed by atoms with Crippen LogP contribution in [0.15, 0.2) is 72.4 Å².